The lowest BCUT2D eigenvalue weighted by Gasteiger charge is -2.31. The van der Waals surface area contributed by atoms with E-state index in [9.17, 15) is 8.42 Å². The summed E-state index contributed by atoms with van der Waals surface area (Å²) in [7, 11) is -3.41. The number of nitrogens with zero attached hydrogens (tertiary/aromatic N) is 1. The molecule has 0 radical (unpaired) electrons. The molecule has 138 valence electrons. The van der Waals surface area contributed by atoms with Crippen LogP contribution in [-0.2, 0) is 16.6 Å². The summed E-state index contributed by atoms with van der Waals surface area (Å²) in [5.74, 6) is 0. The van der Waals surface area contributed by atoms with Crippen molar-refractivity contribution >= 4 is 16.1 Å². The molecule has 1 heterocycles. The minimum atomic E-state index is -3.41. The largest absolute Gasteiger partial charge is 0.299 e. The fourth-order valence-electron chi connectivity index (χ4n) is 3.17. The SMILES string of the molecule is Cc1ccc(/C=C/S(=O)(=O)NC2CCN(Cc3ccccc3)CC2)cc1. The van der Waals surface area contributed by atoms with Crippen molar-refractivity contribution in [2.75, 3.05) is 13.1 Å². The molecule has 1 aliphatic heterocycles. The highest BCUT2D eigenvalue weighted by atomic mass is 32.2. The van der Waals surface area contributed by atoms with Gasteiger partial charge in [-0.1, -0.05) is 60.2 Å². The quantitative estimate of drug-likeness (QED) is 0.846. The molecule has 0 aliphatic carbocycles. The third-order valence-electron chi connectivity index (χ3n) is 4.68. The van der Waals surface area contributed by atoms with Crippen molar-refractivity contribution in [3.05, 3.63) is 76.7 Å². The van der Waals surface area contributed by atoms with E-state index >= 15 is 0 Å². The monoisotopic (exact) mass is 370 g/mol. The summed E-state index contributed by atoms with van der Waals surface area (Å²) in [6.07, 6.45) is 3.32. The zero-order chi connectivity index (χ0) is 18.4. The first-order valence-corrected chi connectivity index (χ1v) is 10.6. The first-order valence-electron chi connectivity index (χ1n) is 9.03. The third-order valence-corrected chi connectivity index (χ3v) is 5.84. The second kappa shape index (κ2) is 8.62. The van der Waals surface area contributed by atoms with Crippen molar-refractivity contribution in [2.24, 2.45) is 0 Å². The average Bonchev–Trinajstić information content (AvgIpc) is 2.64. The number of sulfonamides is 1. The maximum absolute atomic E-state index is 12.3. The number of rotatable bonds is 6. The zero-order valence-corrected chi connectivity index (χ0v) is 16.0. The van der Waals surface area contributed by atoms with E-state index in [-0.39, 0.29) is 6.04 Å². The predicted octanol–water partition coefficient (Wildman–Crippen LogP) is 3.55. The fraction of sp³-hybridized carbons (Fsp3) is 0.333. The second-order valence-corrected chi connectivity index (χ2v) is 8.51. The Morgan fingerprint density at radius 2 is 1.69 bits per heavy atom. The lowest BCUT2D eigenvalue weighted by molar-refractivity contribution is 0.200. The van der Waals surface area contributed by atoms with Crippen LogP contribution < -0.4 is 4.72 Å². The van der Waals surface area contributed by atoms with Crippen molar-refractivity contribution in [3.8, 4) is 0 Å². The Bertz CT molecular complexity index is 822. The molecule has 1 N–H and O–H groups in total. The number of likely N-dealkylation sites (tertiary alicyclic amines) is 1. The summed E-state index contributed by atoms with van der Waals surface area (Å²) in [6, 6.07) is 18.2. The van der Waals surface area contributed by atoms with Gasteiger partial charge >= 0.3 is 0 Å². The van der Waals surface area contributed by atoms with Crippen LogP contribution in [-0.4, -0.2) is 32.4 Å². The van der Waals surface area contributed by atoms with Gasteiger partial charge in [0.05, 0.1) is 0 Å². The van der Waals surface area contributed by atoms with Gasteiger partial charge in [-0.2, -0.15) is 0 Å². The van der Waals surface area contributed by atoms with Crippen molar-refractivity contribution in [1.82, 2.24) is 9.62 Å². The van der Waals surface area contributed by atoms with Gasteiger partial charge in [0.1, 0.15) is 0 Å². The topological polar surface area (TPSA) is 49.4 Å². The molecule has 1 fully saturated rings. The molecule has 0 spiro atoms. The van der Waals surface area contributed by atoms with E-state index in [2.05, 4.69) is 33.9 Å². The van der Waals surface area contributed by atoms with Gasteiger partial charge in [-0.15, -0.1) is 0 Å². The Kier molecular flexibility index (Phi) is 6.25. The van der Waals surface area contributed by atoms with E-state index in [0.717, 1.165) is 43.6 Å². The normalized spacial score (nSPS) is 17.0. The summed E-state index contributed by atoms with van der Waals surface area (Å²) < 4.78 is 27.4. The molecule has 2 aromatic rings. The molecule has 0 saturated carbocycles. The maximum Gasteiger partial charge on any atom is 0.233 e. The zero-order valence-electron chi connectivity index (χ0n) is 15.1. The van der Waals surface area contributed by atoms with E-state index in [4.69, 9.17) is 0 Å². The van der Waals surface area contributed by atoms with Crippen molar-refractivity contribution in [2.45, 2.75) is 32.4 Å². The molecule has 0 amide bonds. The van der Waals surface area contributed by atoms with Gasteiger partial charge in [-0.3, -0.25) is 4.90 Å². The Labute approximate surface area is 156 Å². The first kappa shape index (κ1) is 18.8. The van der Waals surface area contributed by atoms with Gasteiger partial charge in [0.2, 0.25) is 10.0 Å². The molecule has 2 aromatic carbocycles. The summed E-state index contributed by atoms with van der Waals surface area (Å²) in [6.45, 7) is 4.75. The van der Waals surface area contributed by atoms with Crippen LogP contribution >= 0.6 is 0 Å². The van der Waals surface area contributed by atoms with Gasteiger partial charge < -0.3 is 0 Å². The van der Waals surface area contributed by atoms with Crippen molar-refractivity contribution in [3.63, 3.8) is 0 Å². The Morgan fingerprint density at radius 1 is 1.04 bits per heavy atom. The molecule has 5 heteroatoms. The molecule has 0 bridgehead atoms. The Morgan fingerprint density at radius 3 is 2.35 bits per heavy atom. The van der Waals surface area contributed by atoms with Crippen LogP contribution in [0.25, 0.3) is 6.08 Å². The molecule has 4 nitrogen and oxygen atoms in total. The van der Waals surface area contributed by atoms with E-state index < -0.39 is 10.0 Å². The molecule has 0 aromatic heterocycles. The summed E-state index contributed by atoms with van der Waals surface area (Å²) in [5.41, 5.74) is 3.34. The highest BCUT2D eigenvalue weighted by molar-refractivity contribution is 7.92. The molecule has 1 aliphatic rings. The van der Waals surface area contributed by atoms with E-state index in [1.807, 2.05) is 37.3 Å². The molecular formula is C21H26N2O2S. The van der Waals surface area contributed by atoms with E-state index in [1.54, 1.807) is 6.08 Å². The van der Waals surface area contributed by atoms with Crippen LogP contribution in [0.2, 0.25) is 0 Å². The smallest absolute Gasteiger partial charge is 0.233 e. The maximum atomic E-state index is 12.3. The average molecular weight is 371 g/mol. The minimum Gasteiger partial charge on any atom is -0.299 e. The standard InChI is InChI=1S/C21H26N2O2S/c1-18-7-9-19(10-8-18)13-16-26(24,25)22-21-11-14-23(15-12-21)17-20-5-3-2-4-6-20/h2-10,13,16,21-22H,11-12,14-15,17H2,1H3/b16-13+. The number of nitrogens with one attached hydrogen (secondary N) is 1. The molecule has 3 rings (SSSR count). The summed E-state index contributed by atoms with van der Waals surface area (Å²) in [5, 5.41) is 1.27. The van der Waals surface area contributed by atoms with E-state index in [0.29, 0.717) is 0 Å². The second-order valence-electron chi connectivity index (χ2n) is 6.91. The molecule has 1 saturated heterocycles. The van der Waals surface area contributed by atoms with Crippen LogP contribution in [0.5, 0.6) is 0 Å². The first-order chi connectivity index (χ1) is 12.5. The van der Waals surface area contributed by atoms with Gasteiger partial charge in [-0.05, 0) is 37.0 Å². The van der Waals surface area contributed by atoms with Crippen molar-refractivity contribution < 1.29 is 8.42 Å². The lowest BCUT2D eigenvalue weighted by atomic mass is 10.1. The third kappa shape index (κ3) is 5.80. The van der Waals surface area contributed by atoms with Crippen LogP contribution in [0.4, 0.5) is 0 Å². The molecule has 0 unspecified atom stereocenters. The molecular weight excluding hydrogens is 344 g/mol. The minimum absolute atomic E-state index is 0.00897. The van der Waals surface area contributed by atoms with Gasteiger partial charge in [-0.25, -0.2) is 13.1 Å². The predicted molar refractivity (Wildman–Crippen MR) is 107 cm³/mol. The number of benzene rings is 2. The Hall–Kier alpha value is -1.95. The van der Waals surface area contributed by atoms with Crippen LogP contribution in [0.15, 0.2) is 60.0 Å². The Balaban J connectivity index is 1.49. The van der Waals surface area contributed by atoms with Gasteiger partial charge in [0.25, 0.3) is 0 Å². The lowest BCUT2D eigenvalue weighted by Crippen LogP contribution is -2.43. The molecule has 0 atom stereocenters. The number of piperidine rings is 1. The fourth-order valence-corrected chi connectivity index (χ4v) is 4.28. The highest BCUT2D eigenvalue weighted by Crippen LogP contribution is 2.15. The number of aryl methyl sites for hydroxylation is 1. The number of hydrogen-bond acceptors (Lipinski definition) is 3. The van der Waals surface area contributed by atoms with Gasteiger partial charge in [0.15, 0.2) is 0 Å². The van der Waals surface area contributed by atoms with Crippen LogP contribution in [0, 0.1) is 6.92 Å². The number of hydrogen-bond donors (Lipinski definition) is 1. The molecule has 26 heavy (non-hydrogen) atoms. The van der Waals surface area contributed by atoms with Crippen molar-refractivity contribution in [1.29, 1.82) is 0 Å². The van der Waals surface area contributed by atoms with Gasteiger partial charge in [0, 0.05) is 31.1 Å². The summed E-state index contributed by atoms with van der Waals surface area (Å²) in [4.78, 5) is 2.38. The van der Waals surface area contributed by atoms with E-state index in [1.165, 1.54) is 11.0 Å². The van der Waals surface area contributed by atoms with Crippen LogP contribution in [0.1, 0.15) is 29.5 Å². The highest BCUT2D eigenvalue weighted by Gasteiger charge is 2.22. The summed E-state index contributed by atoms with van der Waals surface area (Å²) >= 11 is 0. The van der Waals surface area contributed by atoms with Crippen LogP contribution in [0.3, 0.4) is 0 Å².